The largest absolute Gasteiger partial charge is 0.321 e. The first-order chi connectivity index (χ1) is 13.0. The first-order valence-electron chi connectivity index (χ1n) is 8.29. The van der Waals surface area contributed by atoms with Crippen LogP contribution in [0.15, 0.2) is 41.3 Å². The highest BCUT2D eigenvalue weighted by Gasteiger charge is 2.25. The average molecular weight is 426 g/mol. The van der Waals surface area contributed by atoms with Gasteiger partial charge in [0.2, 0.25) is 10.0 Å². The molecule has 0 spiro atoms. The fraction of sp³-hybridized carbons (Fsp3) is 0.278. The van der Waals surface area contributed by atoms with Crippen molar-refractivity contribution < 1.29 is 18.1 Å². The number of nitro groups is 1. The third kappa shape index (κ3) is 4.32. The molecule has 28 heavy (non-hydrogen) atoms. The smallest absolute Gasteiger partial charge is 0.274 e. The van der Waals surface area contributed by atoms with Gasteiger partial charge in [0.05, 0.1) is 31.7 Å². The van der Waals surface area contributed by atoms with Crippen molar-refractivity contribution in [3.8, 4) is 0 Å². The summed E-state index contributed by atoms with van der Waals surface area (Å²) in [4.78, 5) is 23.1. The standard InChI is InChI=1S/C18H20ClN3O5S/c1-11(2)21(4)28(26,27)13-8-9-15(19)14(10-13)18(23)20-16-6-5-7-17(12(16)3)22(24)25/h5-11H,1-4H3,(H,20,23). The van der Waals surface area contributed by atoms with Crippen LogP contribution in [0.25, 0.3) is 0 Å². The van der Waals surface area contributed by atoms with Crippen LogP contribution in [-0.4, -0.2) is 36.6 Å². The minimum Gasteiger partial charge on any atom is -0.321 e. The van der Waals surface area contributed by atoms with E-state index in [0.717, 1.165) is 0 Å². The maximum Gasteiger partial charge on any atom is 0.274 e. The van der Waals surface area contributed by atoms with Crippen molar-refractivity contribution in [3.63, 3.8) is 0 Å². The van der Waals surface area contributed by atoms with Crippen LogP contribution in [0, 0.1) is 17.0 Å². The summed E-state index contributed by atoms with van der Waals surface area (Å²) in [5.41, 5.74) is 0.327. The van der Waals surface area contributed by atoms with Crippen molar-refractivity contribution in [1.82, 2.24) is 4.31 Å². The number of benzene rings is 2. The van der Waals surface area contributed by atoms with Crippen LogP contribution in [0.2, 0.25) is 5.02 Å². The number of rotatable bonds is 6. The van der Waals surface area contributed by atoms with Crippen LogP contribution in [0.4, 0.5) is 11.4 Å². The minimum absolute atomic E-state index is 0.0502. The number of amides is 1. The molecule has 1 amide bonds. The lowest BCUT2D eigenvalue weighted by Gasteiger charge is -2.21. The van der Waals surface area contributed by atoms with E-state index >= 15 is 0 Å². The Morgan fingerprint density at radius 3 is 2.46 bits per heavy atom. The van der Waals surface area contributed by atoms with Gasteiger partial charge in [0.1, 0.15) is 0 Å². The molecule has 8 nitrogen and oxygen atoms in total. The number of carbonyl (C=O) groups is 1. The normalized spacial score (nSPS) is 11.7. The van der Waals surface area contributed by atoms with Gasteiger partial charge < -0.3 is 5.32 Å². The molecule has 1 N–H and O–H groups in total. The predicted octanol–water partition coefficient (Wildman–Crippen LogP) is 3.84. The molecule has 0 bridgehead atoms. The SMILES string of the molecule is Cc1c(NC(=O)c2cc(S(=O)(=O)N(C)C(C)C)ccc2Cl)cccc1[N+](=O)[O-]. The highest BCUT2D eigenvalue weighted by molar-refractivity contribution is 7.89. The molecule has 0 aliphatic rings. The van der Waals surface area contributed by atoms with Crippen LogP contribution < -0.4 is 5.32 Å². The molecule has 0 radical (unpaired) electrons. The Labute approximate surface area is 168 Å². The quantitative estimate of drug-likeness (QED) is 0.558. The topological polar surface area (TPSA) is 110 Å². The molecule has 150 valence electrons. The summed E-state index contributed by atoms with van der Waals surface area (Å²) < 4.78 is 26.5. The molecule has 0 aliphatic carbocycles. The van der Waals surface area contributed by atoms with Crippen molar-refractivity contribution in [3.05, 3.63) is 62.7 Å². The molecular weight excluding hydrogens is 406 g/mol. The maximum absolute atomic E-state index is 12.7. The van der Waals surface area contributed by atoms with Gasteiger partial charge in [-0.3, -0.25) is 14.9 Å². The number of sulfonamides is 1. The van der Waals surface area contributed by atoms with Crippen molar-refractivity contribution in [1.29, 1.82) is 0 Å². The Hall–Kier alpha value is -2.49. The second-order valence-electron chi connectivity index (χ2n) is 6.42. The molecule has 10 heteroatoms. The molecule has 2 rings (SSSR count). The Morgan fingerprint density at radius 2 is 1.89 bits per heavy atom. The molecule has 0 aromatic heterocycles. The predicted molar refractivity (Wildman–Crippen MR) is 107 cm³/mol. The van der Waals surface area contributed by atoms with Gasteiger partial charge >= 0.3 is 0 Å². The monoisotopic (exact) mass is 425 g/mol. The molecule has 0 fully saturated rings. The van der Waals surface area contributed by atoms with Crippen LogP contribution >= 0.6 is 11.6 Å². The molecule has 0 aliphatic heterocycles. The van der Waals surface area contributed by atoms with E-state index in [1.54, 1.807) is 13.8 Å². The lowest BCUT2D eigenvalue weighted by atomic mass is 10.1. The van der Waals surface area contributed by atoms with E-state index in [1.165, 1.54) is 54.7 Å². The van der Waals surface area contributed by atoms with Crippen LogP contribution in [0.3, 0.4) is 0 Å². The Kier molecular flexibility index (Phi) is 6.43. The van der Waals surface area contributed by atoms with E-state index in [2.05, 4.69) is 5.32 Å². The number of nitrogens with zero attached hydrogens (tertiary/aromatic N) is 2. The Bertz CT molecular complexity index is 1040. The van der Waals surface area contributed by atoms with E-state index in [-0.39, 0.29) is 38.5 Å². The van der Waals surface area contributed by atoms with E-state index in [0.29, 0.717) is 0 Å². The number of hydrogen-bond acceptors (Lipinski definition) is 5. The fourth-order valence-electron chi connectivity index (χ4n) is 2.43. The summed E-state index contributed by atoms with van der Waals surface area (Å²) in [7, 11) is -2.36. The van der Waals surface area contributed by atoms with Crippen molar-refractivity contribution in [2.24, 2.45) is 0 Å². The molecule has 0 saturated heterocycles. The van der Waals surface area contributed by atoms with Crippen LogP contribution in [-0.2, 0) is 10.0 Å². The zero-order valence-corrected chi connectivity index (χ0v) is 17.3. The zero-order valence-electron chi connectivity index (χ0n) is 15.8. The van der Waals surface area contributed by atoms with Crippen LogP contribution in [0.1, 0.15) is 29.8 Å². The number of hydrogen-bond donors (Lipinski definition) is 1. The average Bonchev–Trinajstić information content (AvgIpc) is 2.62. The number of carbonyl (C=O) groups excluding carboxylic acids is 1. The summed E-state index contributed by atoms with van der Waals surface area (Å²) in [6.07, 6.45) is 0. The molecule has 2 aromatic rings. The molecular formula is C18H20ClN3O5S. The second kappa shape index (κ2) is 8.26. The summed E-state index contributed by atoms with van der Waals surface area (Å²) >= 11 is 6.09. The first kappa shape index (κ1) is 21.8. The zero-order chi connectivity index (χ0) is 21.2. The van der Waals surface area contributed by atoms with E-state index in [9.17, 15) is 23.3 Å². The minimum atomic E-state index is -3.80. The van der Waals surface area contributed by atoms with Gasteiger partial charge in [0, 0.05) is 19.2 Å². The van der Waals surface area contributed by atoms with Gasteiger partial charge in [-0.15, -0.1) is 0 Å². The lowest BCUT2D eigenvalue weighted by molar-refractivity contribution is -0.385. The summed E-state index contributed by atoms with van der Waals surface area (Å²) in [5.74, 6) is -0.669. The van der Waals surface area contributed by atoms with E-state index < -0.39 is 20.9 Å². The molecule has 0 saturated carbocycles. The Balaban J connectivity index is 2.43. The van der Waals surface area contributed by atoms with E-state index in [4.69, 9.17) is 11.6 Å². The second-order valence-corrected chi connectivity index (χ2v) is 8.82. The Morgan fingerprint density at radius 1 is 1.25 bits per heavy atom. The number of halogens is 1. The number of nitro benzene ring substituents is 1. The lowest BCUT2D eigenvalue weighted by Crippen LogP contribution is -2.33. The summed E-state index contributed by atoms with van der Waals surface area (Å²) in [6.45, 7) is 4.96. The maximum atomic E-state index is 12.7. The molecule has 0 heterocycles. The van der Waals surface area contributed by atoms with Gasteiger partial charge in [0.15, 0.2) is 0 Å². The molecule has 0 atom stereocenters. The van der Waals surface area contributed by atoms with Crippen LogP contribution in [0.5, 0.6) is 0 Å². The van der Waals surface area contributed by atoms with Gasteiger partial charge in [-0.1, -0.05) is 17.7 Å². The summed E-state index contributed by atoms with van der Waals surface area (Å²) in [6, 6.07) is 7.86. The fourth-order valence-corrected chi connectivity index (χ4v) is 4.03. The first-order valence-corrected chi connectivity index (χ1v) is 10.1. The highest BCUT2D eigenvalue weighted by atomic mass is 35.5. The van der Waals surface area contributed by atoms with Crippen molar-refractivity contribution in [2.75, 3.05) is 12.4 Å². The van der Waals surface area contributed by atoms with Gasteiger partial charge in [-0.05, 0) is 45.0 Å². The molecule has 2 aromatic carbocycles. The number of nitrogens with one attached hydrogen (secondary N) is 1. The van der Waals surface area contributed by atoms with E-state index in [1.807, 2.05) is 0 Å². The number of anilines is 1. The third-order valence-electron chi connectivity index (χ3n) is 4.34. The van der Waals surface area contributed by atoms with Crippen molar-refractivity contribution >= 4 is 38.9 Å². The summed E-state index contributed by atoms with van der Waals surface area (Å²) in [5, 5.41) is 13.7. The van der Waals surface area contributed by atoms with Crippen molar-refractivity contribution in [2.45, 2.75) is 31.7 Å². The third-order valence-corrected chi connectivity index (χ3v) is 6.70. The highest BCUT2D eigenvalue weighted by Crippen LogP contribution is 2.28. The van der Waals surface area contributed by atoms with Gasteiger partial charge in [-0.2, -0.15) is 4.31 Å². The van der Waals surface area contributed by atoms with Gasteiger partial charge in [0.25, 0.3) is 11.6 Å². The molecule has 0 unspecified atom stereocenters. The van der Waals surface area contributed by atoms with Gasteiger partial charge in [-0.25, -0.2) is 8.42 Å².